The van der Waals surface area contributed by atoms with Gasteiger partial charge in [-0.05, 0) is 34.1 Å². The Morgan fingerprint density at radius 3 is 2.40 bits per heavy atom. The van der Waals surface area contributed by atoms with Gasteiger partial charge < -0.3 is 9.67 Å². The van der Waals surface area contributed by atoms with Crippen molar-refractivity contribution in [3.8, 4) is 0 Å². The third-order valence-electron chi connectivity index (χ3n) is 4.72. The lowest BCUT2D eigenvalue weighted by Gasteiger charge is -2.27. The summed E-state index contributed by atoms with van der Waals surface area (Å²) >= 11 is 3.32. The first-order valence-corrected chi connectivity index (χ1v) is 10.2. The van der Waals surface area contributed by atoms with Crippen LogP contribution in [0.3, 0.4) is 0 Å². The van der Waals surface area contributed by atoms with Crippen LogP contribution in [0.25, 0.3) is 0 Å². The van der Waals surface area contributed by atoms with Crippen LogP contribution in [-0.2, 0) is 26.6 Å². The molecule has 0 spiro atoms. The fraction of sp³-hybridized carbons (Fsp3) is 0.294. The van der Waals surface area contributed by atoms with Crippen LogP contribution < -0.4 is 0 Å². The highest BCUT2D eigenvalue weighted by molar-refractivity contribution is 9.10. The number of carbonyl (C=O) groups excluding carboxylic acids is 1. The molecule has 132 valence electrons. The highest BCUT2D eigenvalue weighted by Gasteiger charge is 2.57. The van der Waals surface area contributed by atoms with Crippen LogP contribution >= 0.6 is 15.9 Å². The van der Waals surface area contributed by atoms with Crippen LogP contribution in [0, 0.1) is 5.92 Å². The Kier molecular flexibility index (Phi) is 4.15. The molecule has 0 aliphatic carbocycles. The number of aromatic nitrogens is 1. The molecule has 0 radical (unpaired) electrons. The second-order valence-electron chi connectivity index (χ2n) is 6.34. The monoisotopic (exact) mass is 425 g/mol. The summed E-state index contributed by atoms with van der Waals surface area (Å²) in [6, 6.07) is 7.05. The summed E-state index contributed by atoms with van der Waals surface area (Å²) in [5.41, 5.74) is -1.09. The Hall–Kier alpha value is -1.93. The average Bonchev–Trinajstić information content (AvgIpc) is 2.99. The van der Waals surface area contributed by atoms with Gasteiger partial charge in [-0.25, -0.2) is 8.42 Å². The lowest BCUT2D eigenvalue weighted by molar-refractivity contribution is -0.143. The number of nitrogens with zero attached hydrogens (tertiary/aromatic N) is 1. The molecule has 0 saturated heterocycles. The van der Waals surface area contributed by atoms with Gasteiger partial charge >= 0.3 is 5.97 Å². The van der Waals surface area contributed by atoms with Crippen molar-refractivity contribution in [2.45, 2.75) is 23.8 Å². The highest BCUT2D eigenvalue weighted by atomic mass is 79.9. The van der Waals surface area contributed by atoms with Gasteiger partial charge in [0.2, 0.25) is 0 Å². The molecule has 1 aliphatic heterocycles. The van der Waals surface area contributed by atoms with Gasteiger partial charge in [0.1, 0.15) is 0 Å². The number of fused-ring (bicyclic) bond motifs is 1. The first kappa shape index (κ1) is 17.9. The molecule has 1 aromatic heterocycles. The van der Waals surface area contributed by atoms with Crippen LogP contribution in [0.1, 0.15) is 23.0 Å². The first-order chi connectivity index (χ1) is 11.6. The Morgan fingerprint density at radius 2 is 1.88 bits per heavy atom. The summed E-state index contributed by atoms with van der Waals surface area (Å²) in [6.07, 6.45) is 2.84. The molecule has 0 fully saturated rings. The lowest BCUT2D eigenvalue weighted by atomic mass is 9.70. The van der Waals surface area contributed by atoms with Crippen molar-refractivity contribution in [3.63, 3.8) is 0 Å². The number of carboxylic acid groups (broad SMARTS) is 1. The van der Waals surface area contributed by atoms with E-state index < -0.39 is 32.9 Å². The molecule has 6 nitrogen and oxygen atoms in total. The molecule has 2 unspecified atom stereocenters. The molecule has 2 atom stereocenters. The van der Waals surface area contributed by atoms with Crippen LogP contribution in [0.5, 0.6) is 0 Å². The number of Topliss-reactive ketones (excluding diaryl/α,β-unsaturated/α-hetero) is 1. The van der Waals surface area contributed by atoms with E-state index in [4.69, 9.17) is 0 Å². The van der Waals surface area contributed by atoms with E-state index in [9.17, 15) is 23.1 Å². The number of sulfone groups is 1. The second-order valence-corrected chi connectivity index (χ2v) is 9.27. The molecule has 0 amide bonds. The molecule has 1 aromatic carbocycles. The van der Waals surface area contributed by atoms with Gasteiger partial charge in [-0.1, -0.05) is 19.1 Å². The Morgan fingerprint density at radius 1 is 1.28 bits per heavy atom. The van der Waals surface area contributed by atoms with E-state index in [1.54, 1.807) is 23.8 Å². The smallest absolute Gasteiger partial charge is 0.324 e. The maximum Gasteiger partial charge on any atom is 0.324 e. The van der Waals surface area contributed by atoms with Crippen molar-refractivity contribution in [2.24, 2.45) is 5.92 Å². The number of benzene rings is 1. The molecular formula is C17H16BrNO5S. The normalized spacial score (nSPS) is 22.6. The molecule has 1 N–H and O–H groups in total. The molecule has 1 aliphatic rings. The molecule has 0 bridgehead atoms. The summed E-state index contributed by atoms with van der Waals surface area (Å²) in [7, 11) is -3.39. The quantitative estimate of drug-likeness (QED) is 0.599. The van der Waals surface area contributed by atoms with Crippen molar-refractivity contribution in [2.75, 3.05) is 6.26 Å². The van der Waals surface area contributed by atoms with Crippen LogP contribution in [-0.4, -0.2) is 36.1 Å². The Balaban J connectivity index is 2.14. The van der Waals surface area contributed by atoms with Gasteiger partial charge in [0, 0.05) is 40.6 Å². The molecule has 2 heterocycles. The van der Waals surface area contributed by atoms with Crippen LogP contribution in [0.4, 0.5) is 0 Å². The summed E-state index contributed by atoms with van der Waals surface area (Å²) in [6.45, 7) is 2.15. The minimum atomic E-state index is -3.39. The highest BCUT2D eigenvalue weighted by Crippen LogP contribution is 2.44. The van der Waals surface area contributed by atoms with Gasteiger partial charge in [-0.2, -0.15) is 0 Å². The van der Waals surface area contributed by atoms with E-state index >= 15 is 0 Å². The third kappa shape index (κ3) is 2.64. The fourth-order valence-electron chi connectivity index (χ4n) is 3.48. The predicted octanol–water partition coefficient (Wildman–Crippen LogP) is 2.51. The van der Waals surface area contributed by atoms with Crippen molar-refractivity contribution in [1.82, 2.24) is 4.57 Å². The first-order valence-electron chi connectivity index (χ1n) is 7.53. The number of hydrogen-bond donors (Lipinski definition) is 1. The lowest BCUT2D eigenvalue weighted by Crippen LogP contribution is -2.46. The predicted molar refractivity (Wildman–Crippen MR) is 94.5 cm³/mol. The van der Waals surface area contributed by atoms with Crippen LogP contribution in [0.15, 0.2) is 45.9 Å². The maximum absolute atomic E-state index is 13.2. The Labute approximate surface area is 153 Å². The number of ketones is 1. The molecule has 2 aromatic rings. The number of hydrogen-bond acceptors (Lipinski definition) is 4. The van der Waals surface area contributed by atoms with Gasteiger partial charge in [0.05, 0.1) is 4.90 Å². The van der Waals surface area contributed by atoms with E-state index in [1.165, 1.54) is 24.3 Å². The topological polar surface area (TPSA) is 93.4 Å². The molecule has 25 heavy (non-hydrogen) atoms. The van der Waals surface area contributed by atoms with E-state index in [1.807, 2.05) is 0 Å². The van der Waals surface area contributed by atoms with E-state index in [2.05, 4.69) is 15.9 Å². The summed E-state index contributed by atoms with van der Waals surface area (Å²) in [4.78, 5) is 25.5. The zero-order valence-corrected chi connectivity index (χ0v) is 16.0. The van der Waals surface area contributed by atoms with Crippen LogP contribution in [0.2, 0.25) is 0 Å². The van der Waals surface area contributed by atoms with E-state index in [0.29, 0.717) is 16.7 Å². The molecule has 0 saturated carbocycles. The third-order valence-corrected chi connectivity index (χ3v) is 6.28. The fourth-order valence-corrected chi connectivity index (χ4v) is 4.58. The molecule has 3 rings (SSSR count). The van der Waals surface area contributed by atoms with Crippen molar-refractivity contribution >= 4 is 37.5 Å². The second kappa shape index (κ2) is 5.81. The standard InChI is InChI=1S/C17H16BrNO5S/c1-10-8-19-9-12(18)7-14(19)17(10,16(21)22)15(20)11-3-5-13(6-4-11)25(2,23)24/h3-7,9-10H,8H2,1-2H3,(H,21,22). The molecular weight excluding hydrogens is 410 g/mol. The number of halogens is 1. The Bertz CT molecular complexity index is 977. The van der Waals surface area contributed by atoms with E-state index in [-0.39, 0.29) is 10.5 Å². The summed E-state index contributed by atoms with van der Waals surface area (Å²) in [5, 5.41) is 9.96. The van der Waals surface area contributed by atoms with Gasteiger partial charge in [-0.15, -0.1) is 0 Å². The minimum Gasteiger partial charge on any atom is -0.480 e. The zero-order chi connectivity index (χ0) is 18.6. The average molecular weight is 426 g/mol. The maximum atomic E-state index is 13.2. The van der Waals surface area contributed by atoms with E-state index in [0.717, 1.165) is 6.26 Å². The summed E-state index contributed by atoms with van der Waals surface area (Å²) < 4.78 is 25.6. The van der Waals surface area contributed by atoms with Gasteiger partial charge in [0.25, 0.3) is 0 Å². The van der Waals surface area contributed by atoms with Gasteiger partial charge in [0.15, 0.2) is 21.0 Å². The summed E-state index contributed by atoms with van der Waals surface area (Å²) in [5.74, 6) is -2.19. The molecule has 8 heteroatoms. The zero-order valence-electron chi connectivity index (χ0n) is 13.6. The number of carboxylic acids is 1. The number of rotatable bonds is 4. The van der Waals surface area contributed by atoms with Crippen molar-refractivity contribution in [3.05, 3.63) is 52.3 Å². The number of carbonyl (C=O) groups is 2. The largest absolute Gasteiger partial charge is 0.480 e. The minimum absolute atomic E-state index is 0.0824. The number of aliphatic carboxylic acids is 1. The SMILES string of the molecule is CC1Cn2cc(Br)cc2C1(C(=O)O)C(=O)c1ccc(S(C)(=O)=O)cc1. The van der Waals surface area contributed by atoms with Crippen molar-refractivity contribution in [1.29, 1.82) is 0 Å². The van der Waals surface area contributed by atoms with Crippen molar-refractivity contribution < 1.29 is 23.1 Å². The van der Waals surface area contributed by atoms with Gasteiger partial charge in [-0.3, -0.25) is 9.59 Å².